The molecule has 20 heavy (non-hydrogen) atoms. The minimum absolute atomic E-state index is 0.000463. The molecule has 2 aliphatic carbocycles. The lowest BCUT2D eigenvalue weighted by molar-refractivity contribution is -0.385. The van der Waals surface area contributed by atoms with Gasteiger partial charge in [-0.25, -0.2) is 4.98 Å². The fourth-order valence-electron chi connectivity index (χ4n) is 2.48. The Morgan fingerprint density at radius 1 is 1.25 bits per heavy atom. The zero-order valence-corrected chi connectivity index (χ0v) is 11.6. The van der Waals surface area contributed by atoms with Gasteiger partial charge in [0, 0.05) is 13.1 Å². The van der Waals surface area contributed by atoms with Crippen molar-refractivity contribution in [3.8, 4) is 0 Å². The lowest BCUT2D eigenvalue weighted by Gasteiger charge is -2.23. The molecule has 0 radical (unpaired) electrons. The summed E-state index contributed by atoms with van der Waals surface area (Å²) in [6, 6.07) is 0. The van der Waals surface area contributed by atoms with E-state index in [1.54, 1.807) is 6.92 Å². The molecule has 0 aromatic carbocycles. The molecule has 1 aromatic heterocycles. The van der Waals surface area contributed by atoms with Crippen molar-refractivity contribution in [1.82, 2.24) is 9.97 Å². The van der Waals surface area contributed by atoms with E-state index in [0.29, 0.717) is 23.3 Å². The molecule has 0 atom stereocenters. The first-order chi connectivity index (χ1) is 9.54. The minimum Gasteiger partial charge on any atom is -0.368 e. The lowest BCUT2D eigenvalue weighted by Crippen LogP contribution is -2.30. The molecule has 0 aliphatic heterocycles. The molecule has 0 bridgehead atoms. The number of nitrogens with two attached hydrogens (primary N) is 1. The molecule has 108 valence electrons. The number of rotatable bonds is 6. The number of nitro groups is 1. The second kappa shape index (κ2) is 4.88. The Kier molecular flexibility index (Phi) is 3.19. The standard InChI is InChI=1S/C13H19N5O2/c1-8-11(18(19)20)12(16-13(14)15-8)17(6-9-2-3-9)7-10-4-5-10/h9-10H,2-7H2,1H3,(H2,14,15,16). The maximum Gasteiger partial charge on any atom is 0.332 e. The first kappa shape index (κ1) is 13.1. The van der Waals surface area contributed by atoms with Crippen LogP contribution in [0, 0.1) is 28.9 Å². The molecule has 7 heteroatoms. The van der Waals surface area contributed by atoms with Crippen molar-refractivity contribution < 1.29 is 4.92 Å². The van der Waals surface area contributed by atoms with Crippen molar-refractivity contribution in [2.75, 3.05) is 23.7 Å². The van der Waals surface area contributed by atoms with Crippen molar-refractivity contribution in [1.29, 1.82) is 0 Å². The predicted octanol–water partition coefficient (Wildman–Crippen LogP) is 1.90. The fourth-order valence-corrected chi connectivity index (χ4v) is 2.48. The Balaban J connectivity index is 1.96. The van der Waals surface area contributed by atoms with Gasteiger partial charge in [0.2, 0.25) is 11.8 Å². The van der Waals surface area contributed by atoms with Crippen LogP contribution in [-0.2, 0) is 0 Å². The number of hydrogen-bond donors (Lipinski definition) is 1. The van der Waals surface area contributed by atoms with Crippen LogP contribution in [0.25, 0.3) is 0 Å². The highest BCUT2D eigenvalue weighted by Crippen LogP contribution is 2.38. The average molecular weight is 277 g/mol. The summed E-state index contributed by atoms with van der Waals surface area (Å²) >= 11 is 0. The predicted molar refractivity (Wildman–Crippen MR) is 75.5 cm³/mol. The summed E-state index contributed by atoms with van der Waals surface area (Å²) in [5.74, 6) is 1.80. The van der Waals surface area contributed by atoms with Crippen LogP contribution in [0.4, 0.5) is 17.5 Å². The summed E-state index contributed by atoms with van der Waals surface area (Å²) in [6.07, 6.45) is 4.81. The third-order valence-corrected chi connectivity index (χ3v) is 3.89. The number of anilines is 2. The van der Waals surface area contributed by atoms with Gasteiger partial charge in [-0.3, -0.25) is 10.1 Å². The highest BCUT2D eigenvalue weighted by molar-refractivity contribution is 5.62. The van der Waals surface area contributed by atoms with Crippen molar-refractivity contribution in [3.63, 3.8) is 0 Å². The average Bonchev–Trinajstić information content (AvgIpc) is 3.21. The van der Waals surface area contributed by atoms with Gasteiger partial charge in [0.1, 0.15) is 5.69 Å². The molecule has 0 spiro atoms. The number of aromatic nitrogens is 2. The maximum atomic E-state index is 11.3. The molecule has 2 saturated carbocycles. The highest BCUT2D eigenvalue weighted by atomic mass is 16.6. The molecule has 3 rings (SSSR count). The van der Waals surface area contributed by atoms with Crippen molar-refractivity contribution in [2.45, 2.75) is 32.6 Å². The van der Waals surface area contributed by atoms with E-state index in [4.69, 9.17) is 5.73 Å². The summed E-state index contributed by atoms with van der Waals surface area (Å²) in [5.41, 5.74) is 6.03. The van der Waals surface area contributed by atoms with E-state index in [-0.39, 0.29) is 11.6 Å². The van der Waals surface area contributed by atoms with Crippen LogP contribution in [0.5, 0.6) is 0 Å². The van der Waals surface area contributed by atoms with Crippen LogP contribution in [0.15, 0.2) is 0 Å². The summed E-state index contributed by atoms with van der Waals surface area (Å²) in [4.78, 5) is 21.1. The Morgan fingerprint density at radius 3 is 2.25 bits per heavy atom. The van der Waals surface area contributed by atoms with E-state index < -0.39 is 4.92 Å². The quantitative estimate of drug-likeness (QED) is 0.630. The van der Waals surface area contributed by atoms with Gasteiger partial charge in [-0.2, -0.15) is 4.98 Å². The Hall–Kier alpha value is -1.92. The summed E-state index contributed by atoms with van der Waals surface area (Å²) in [7, 11) is 0. The van der Waals surface area contributed by atoms with Crippen LogP contribution in [0.2, 0.25) is 0 Å². The Labute approximate surface area is 117 Å². The van der Waals surface area contributed by atoms with Crippen molar-refractivity contribution in [3.05, 3.63) is 15.8 Å². The molecule has 2 N–H and O–H groups in total. The normalized spacial score (nSPS) is 18.1. The zero-order valence-electron chi connectivity index (χ0n) is 11.6. The van der Waals surface area contributed by atoms with Gasteiger partial charge in [-0.05, 0) is 44.4 Å². The molecule has 2 fully saturated rings. The monoisotopic (exact) mass is 277 g/mol. The molecule has 1 aromatic rings. The molecule has 2 aliphatic rings. The van der Waals surface area contributed by atoms with Gasteiger partial charge in [0.15, 0.2) is 0 Å². The van der Waals surface area contributed by atoms with Gasteiger partial charge in [-0.1, -0.05) is 0 Å². The fraction of sp³-hybridized carbons (Fsp3) is 0.692. The van der Waals surface area contributed by atoms with Gasteiger partial charge in [0.05, 0.1) is 4.92 Å². The highest BCUT2D eigenvalue weighted by Gasteiger charge is 2.34. The van der Waals surface area contributed by atoms with Gasteiger partial charge < -0.3 is 10.6 Å². The van der Waals surface area contributed by atoms with Crippen LogP contribution in [-0.4, -0.2) is 28.0 Å². The van der Waals surface area contributed by atoms with E-state index in [0.717, 1.165) is 13.1 Å². The molecular formula is C13H19N5O2. The first-order valence-electron chi connectivity index (χ1n) is 7.08. The second-order valence-electron chi connectivity index (χ2n) is 5.89. The molecular weight excluding hydrogens is 258 g/mol. The van der Waals surface area contributed by atoms with Gasteiger partial charge in [-0.15, -0.1) is 0 Å². The lowest BCUT2D eigenvalue weighted by atomic mass is 10.2. The molecule has 0 unspecified atom stereocenters. The third kappa shape index (κ3) is 2.81. The second-order valence-corrected chi connectivity index (χ2v) is 5.89. The van der Waals surface area contributed by atoms with Crippen molar-refractivity contribution >= 4 is 17.5 Å². The number of nitrogens with zero attached hydrogens (tertiary/aromatic N) is 4. The largest absolute Gasteiger partial charge is 0.368 e. The Bertz CT molecular complexity index is 526. The van der Waals surface area contributed by atoms with Crippen LogP contribution >= 0.6 is 0 Å². The summed E-state index contributed by atoms with van der Waals surface area (Å²) < 4.78 is 0. The van der Waals surface area contributed by atoms with Crippen LogP contribution in [0.1, 0.15) is 31.4 Å². The third-order valence-electron chi connectivity index (χ3n) is 3.89. The van der Waals surface area contributed by atoms with Crippen LogP contribution in [0.3, 0.4) is 0 Å². The van der Waals surface area contributed by atoms with E-state index in [2.05, 4.69) is 14.9 Å². The van der Waals surface area contributed by atoms with E-state index in [1.165, 1.54) is 25.7 Å². The van der Waals surface area contributed by atoms with Gasteiger partial charge >= 0.3 is 5.69 Å². The summed E-state index contributed by atoms with van der Waals surface area (Å²) in [6.45, 7) is 3.30. The zero-order chi connectivity index (χ0) is 14.3. The van der Waals surface area contributed by atoms with E-state index >= 15 is 0 Å². The topological polar surface area (TPSA) is 98.2 Å². The van der Waals surface area contributed by atoms with E-state index in [1.807, 2.05) is 0 Å². The molecule has 1 heterocycles. The molecule has 0 amide bonds. The maximum absolute atomic E-state index is 11.3. The summed E-state index contributed by atoms with van der Waals surface area (Å²) in [5, 5.41) is 11.3. The smallest absolute Gasteiger partial charge is 0.332 e. The minimum atomic E-state index is -0.392. The SMILES string of the molecule is Cc1nc(N)nc(N(CC2CC2)CC2CC2)c1[N+](=O)[O-]. The van der Waals surface area contributed by atoms with Gasteiger partial charge in [0.25, 0.3) is 0 Å². The van der Waals surface area contributed by atoms with E-state index in [9.17, 15) is 10.1 Å². The Morgan fingerprint density at radius 2 is 1.80 bits per heavy atom. The van der Waals surface area contributed by atoms with Crippen LogP contribution < -0.4 is 10.6 Å². The number of nitrogen functional groups attached to an aromatic ring is 1. The molecule has 0 saturated heterocycles. The van der Waals surface area contributed by atoms with Crippen molar-refractivity contribution in [2.24, 2.45) is 11.8 Å². The number of hydrogen-bond acceptors (Lipinski definition) is 6. The number of aryl methyl sites for hydroxylation is 1. The first-order valence-corrected chi connectivity index (χ1v) is 7.08. The molecule has 7 nitrogen and oxygen atoms in total.